The van der Waals surface area contributed by atoms with Gasteiger partial charge in [0.15, 0.2) is 11.5 Å². The van der Waals surface area contributed by atoms with Crippen LogP contribution in [0.15, 0.2) is 48.1 Å². The van der Waals surface area contributed by atoms with Crippen LogP contribution >= 0.6 is 23.2 Å². The van der Waals surface area contributed by atoms with Crippen LogP contribution < -0.4 is 15.5 Å². The van der Waals surface area contributed by atoms with Gasteiger partial charge in [-0.2, -0.15) is 5.10 Å². The second-order valence-electron chi connectivity index (χ2n) is 6.38. The van der Waals surface area contributed by atoms with Crippen LogP contribution in [-0.2, 0) is 11.2 Å². The summed E-state index contributed by atoms with van der Waals surface area (Å²) in [6.07, 6.45) is 3.60. The number of hydrazone groups is 1. The van der Waals surface area contributed by atoms with Crippen molar-refractivity contribution < 1.29 is 19.4 Å². The molecule has 31 heavy (non-hydrogen) atoms. The number of carbonyl (C=O) groups excluding carboxylic acids is 2. The minimum atomic E-state index is -0.374. The highest BCUT2D eigenvalue weighted by Crippen LogP contribution is 2.32. The molecule has 0 atom stereocenters. The summed E-state index contributed by atoms with van der Waals surface area (Å²) >= 11 is 11.7. The first-order valence-corrected chi connectivity index (χ1v) is 10.3. The van der Waals surface area contributed by atoms with E-state index in [1.807, 2.05) is 6.92 Å². The highest BCUT2D eigenvalue weighted by molar-refractivity contribution is 6.42. The van der Waals surface area contributed by atoms with Gasteiger partial charge in [-0.05, 0) is 49.2 Å². The maximum atomic E-state index is 12.1. The number of hydrogen-bond acceptors (Lipinski definition) is 5. The predicted molar refractivity (Wildman–Crippen MR) is 122 cm³/mol. The molecule has 0 aliphatic rings. The number of halogens is 2. The SMILES string of the molecule is C=CCc1cc(/C=N/NC(=O)CCNC(=O)c2ccc(Cl)c(Cl)c2)cc(OCC)c1O. The van der Waals surface area contributed by atoms with E-state index < -0.39 is 0 Å². The fourth-order valence-corrected chi connectivity index (χ4v) is 2.90. The van der Waals surface area contributed by atoms with Gasteiger partial charge in [-0.1, -0.05) is 29.3 Å². The number of phenolic OH excluding ortho intramolecular Hbond substituents is 1. The fraction of sp³-hybridized carbons (Fsp3) is 0.227. The van der Waals surface area contributed by atoms with E-state index in [9.17, 15) is 14.7 Å². The van der Waals surface area contributed by atoms with Crippen molar-refractivity contribution in [2.24, 2.45) is 5.10 Å². The molecule has 0 radical (unpaired) electrons. The van der Waals surface area contributed by atoms with Gasteiger partial charge < -0.3 is 15.2 Å². The summed E-state index contributed by atoms with van der Waals surface area (Å²) in [5.41, 5.74) is 4.03. The Morgan fingerprint density at radius 2 is 2.00 bits per heavy atom. The maximum Gasteiger partial charge on any atom is 0.251 e. The lowest BCUT2D eigenvalue weighted by Crippen LogP contribution is -2.29. The largest absolute Gasteiger partial charge is 0.504 e. The molecule has 2 aromatic rings. The second kappa shape index (κ2) is 12.0. The quantitative estimate of drug-likeness (QED) is 0.280. The summed E-state index contributed by atoms with van der Waals surface area (Å²) < 4.78 is 5.43. The summed E-state index contributed by atoms with van der Waals surface area (Å²) in [5, 5.41) is 17.4. The van der Waals surface area contributed by atoms with Gasteiger partial charge in [-0.15, -0.1) is 6.58 Å². The number of phenols is 1. The number of benzene rings is 2. The standard InChI is InChI=1S/C22H23Cl2N3O4/c1-3-5-15-10-14(11-19(21(15)29)31-4-2)13-26-27-20(28)8-9-25-22(30)16-6-7-17(23)18(24)12-16/h3,6-7,10-13,29H,1,4-5,8-9H2,2H3,(H,25,30)(H,27,28)/b26-13+. The lowest BCUT2D eigenvalue weighted by Gasteiger charge is -2.10. The molecule has 0 heterocycles. The summed E-state index contributed by atoms with van der Waals surface area (Å²) in [6, 6.07) is 7.88. The number of nitrogens with zero attached hydrogens (tertiary/aromatic N) is 1. The molecule has 164 valence electrons. The third-order valence-electron chi connectivity index (χ3n) is 4.06. The first-order chi connectivity index (χ1) is 14.8. The molecule has 2 rings (SSSR count). The lowest BCUT2D eigenvalue weighted by atomic mass is 10.1. The number of hydrogen-bond donors (Lipinski definition) is 3. The summed E-state index contributed by atoms with van der Waals surface area (Å²) in [4.78, 5) is 24.0. The minimum Gasteiger partial charge on any atom is -0.504 e. The predicted octanol–water partition coefficient (Wildman–Crippen LogP) is 4.10. The summed E-state index contributed by atoms with van der Waals surface area (Å²) in [7, 11) is 0. The van der Waals surface area contributed by atoms with Crippen LogP contribution in [-0.4, -0.2) is 36.3 Å². The lowest BCUT2D eigenvalue weighted by molar-refractivity contribution is -0.120. The Morgan fingerprint density at radius 3 is 2.68 bits per heavy atom. The highest BCUT2D eigenvalue weighted by Gasteiger charge is 2.10. The average Bonchev–Trinajstić information content (AvgIpc) is 2.73. The molecular formula is C22H23Cl2N3O4. The molecule has 0 aromatic heterocycles. The Hall–Kier alpha value is -3.03. The smallest absolute Gasteiger partial charge is 0.251 e. The fourth-order valence-electron chi connectivity index (χ4n) is 2.60. The molecule has 9 heteroatoms. The van der Waals surface area contributed by atoms with Gasteiger partial charge >= 0.3 is 0 Å². The van der Waals surface area contributed by atoms with Crippen molar-refractivity contribution in [1.29, 1.82) is 0 Å². The van der Waals surface area contributed by atoms with Crippen molar-refractivity contribution >= 4 is 41.2 Å². The van der Waals surface area contributed by atoms with Gasteiger partial charge in [0.25, 0.3) is 5.91 Å². The van der Waals surface area contributed by atoms with Crippen LogP contribution in [0.4, 0.5) is 0 Å². The van der Waals surface area contributed by atoms with Crippen LogP contribution in [0.5, 0.6) is 11.5 Å². The molecule has 0 fully saturated rings. The van der Waals surface area contributed by atoms with Gasteiger partial charge in [0.05, 0.1) is 22.9 Å². The molecular weight excluding hydrogens is 441 g/mol. The molecule has 0 saturated heterocycles. The van der Waals surface area contributed by atoms with E-state index in [2.05, 4.69) is 22.4 Å². The molecule has 0 aliphatic heterocycles. The molecule has 0 spiro atoms. The summed E-state index contributed by atoms with van der Waals surface area (Å²) in [6.45, 7) is 6.00. The molecule has 2 amide bonds. The number of carbonyl (C=O) groups is 2. The third kappa shape index (κ3) is 7.31. The molecule has 0 saturated carbocycles. The number of amides is 2. The topological polar surface area (TPSA) is 100 Å². The minimum absolute atomic E-state index is 0.0336. The van der Waals surface area contributed by atoms with E-state index >= 15 is 0 Å². The number of nitrogens with one attached hydrogen (secondary N) is 2. The van der Waals surface area contributed by atoms with Gasteiger partial charge in [0, 0.05) is 24.1 Å². The van der Waals surface area contributed by atoms with Crippen molar-refractivity contribution in [3.63, 3.8) is 0 Å². The van der Waals surface area contributed by atoms with Crippen molar-refractivity contribution in [2.75, 3.05) is 13.2 Å². The number of ether oxygens (including phenoxy) is 1. The van der Waals surface area contributed by atoms with Gasteiger partial charge in [0.2, 0.25) is 5.91 Å². The molecule has 2 aromatic carbocycles. The average molecular weight is 464 g/mol. The van der Waals surface area contributed by atoms with Crippen LogP contribution in [0.3, 0.4) is 0 Å². The number of allylic oxidation sites excluding steroid dienone is 1. The first kappa shape index (κ1) is 24.2. The van der Waals surface area contributed by atoms with E-state index in [1.54, 1.807) is 24.3 Å². The van der Waals surface area contributed by atoms with Crippen molar-refractivity contribution in [3.8, 4) is 11.5 Å². The summed E-state index contributed by atoms with van der Waals surface area (Å²) in [5.74, 6) is -0.349. The Kier molecular flexibility index (Phi) is 9.37. The third-order valence-corrected chi connectivity index (χ3v) is 4.80. The Morgan fingerprint density at radius 1 is 1.23 bits per heavy atom. The first-order valence-electron chi connectivity index (χ1n) is 9.50. The van der Waals surface area contributed by atoms with Crippen molar-refractivity contribution in [3.05, 3.63) is 69.7 Å². The molecule has 3 N–H and O–H groups in total. The van der Waals surface area contributed by atoms with E-state index in [1.165, 1.54) is 18.3 Å². The van der Waals surface area contributed by atoms with Gasteiger partial charge in [0.1, 0.15) is 0 Å². The van der Waals surface area contributed by atoms with E-state index in [0.717, 1.165) is 0 Å². The van der Waals surface area contributed by atoms with Crippen molar-refractivity contribution in [1.82, 2.24) is 10.7 Å². The number of rotatable bonds is 10. The van der Waals surface area contributed by atoms with Crippen LogP contribution in [0, 0.1) is 0 Å². The maximum absolute atomic E-state index is 12.1. The Labute approximate surface area is 190 Å². The van der Waals surface area contributed by atoms with Crippen LogP contribution in [0.1, 0.15) is 34.8 Å². The van der Waals surface area contributed by atoms with E-state index in [4.69, 9.17) is 27.9 Å². The van der Waals surface area contributed by atoms with Gasteiger partial charge in [-0.25, -0.2) is 5.43 Å². The normalized spacial score (nSPS) is 10.7. The van der Waals surface area contributed by atoms with Gasteiger partial charge in [-0.3, -0.25) is 9.59 Å². The Bertz CT molecular complexity index is 993. The zero-order valence-corrected chi connectivity index (χ0v) is 18.5. The monoisotopic (exact) mass is 463 g/mol. The van der Waals surface area contributed by atoms with E-state index in [-0.39, 0.29) is 35.6 Å². The van der Waals surface area contributed by atoms with Crippen LogP contribution in [0.25, 0.3) is 0 Å². The van der Waals surface area contributed by atoms with E-state index in [0.29, 0.717) is 40.5 Å². The molecule has 7 nitrogen and oxygen atoms in total. The van der Waals surface area contributed by atoms with Crippen LogP contribution in [0.2, 0.25) is 10.0 Å². The number of aromatic hydroxyl groups is 1. The zero-order chi connectivity index (χ0) is 22.8. The highest BCUT2D eigenvalue weighted by atomic mass is 35.5. The molecule has 0 unspecified atom stereocenters. The second-order valence-corrected chi connectivity index (χ2v) is 7.19. The zero-order valence-electron chi connectivity index (χ0n) is 17.0. The van der Waals surface area contributed by atoms with Crippen molar-refractivity contribution in [2.45, 2.75) is 19.8 Å². The Balaban J connectivity index is 1.88. The molecule has 0 aliphatic carbocycles. The molecule has 0 bridgehead atoms.